The standard InChI is InChI=1S/C34H56N8O6S/c1-21(2)29(37-3)33(46)40-26(15-18-49-4)31(44)42-28(19-22-20-38-24-12-6-5-11-23(22)24)32(45)39-25(13-7-9-16-35)30(43)41-27(34(47)48)14-8-10-17-36/h5-6,11-12,20-21,25-29,37-38H,7-10,13-19,35-36H2,1-4H3,(H,39,45)(H,40,46)(H,41,43)(H,42,44)(H,47,48)/t25-,26-,27-,28-,29-/m0/s1. The fourth-order valence-electron chi connectivity index (χ4n) is 5.59. The molecular weight excluding hydrogens is 648 g/mol. The molecule has 0 aliphatic rings. The average Bonchev–Trinajstić information content (AvgIpc) is 3.47. The molecule has 1 aromatic heterocycles. The van der Waals surface area contributed by atoms with Crippen molar-refractivity contribution in [1.29, 1.82) is 0 Å². The Morgan fingerprint density at radius 2 is 1.31 bits per heavy atom. The Bertz CT molecular complexity index is 1350. The summed E-state index contributed by atoms with van der Waals surface area (Å²) in [7, 11) is 1.68. The van der Waals surface area contributed by atoms with Crippen molar-refractivity contribution in [2.75, 3.05) is 32.1 Å². The number of hydrogen-bond acceptors (Lipinski definition) is 9. The summed E-state index contributed by atoms with van der Waals surface area (Å²) in [6, 6.07) is 2.77. The topological polar surface area (TPSA) is 234 Å². The third kappa shape index (κ3) is 13.6. The summed E-state index contributed by atoms with van der Waals surface area (Å²) in [5.41, 5.74) is 12.9. The lowest BCUT2D eigenvalue weighted by atomic mass is 10.0. The van der Waals surface area contributed by atoms with Gasteiger partial charge in [-0.1, -0.05) is 32.0 Å². The van der Waals surface area contributed by atoms with E-state index in [0.717, 1.165) is 16.5 Å². The number of carbonyl (C=O) groups is 5. The minimum absolute atomic E-state index is 0.0293. The van der Waals surface area contributed by atoms with Crippen LogP contribution in [-0.4, -0.2) is 102 Å². The van der Waals surface area contributed by atoms with E-state index in [0.29, 0.717) is 50.9 Å². The third-order valence-electron chi connectivity index (χ3n) is 8.38. The fourth-order valence-corrected chi connectivity index (χ4v) is 6.06. The van der Waals surface area contributed by atoms with Crippen LogP contribution in [0.1, 0.15) is 64.4 Å². The molecule has 5 atom stereocenters. The Balaban J connectivity index is 2.39. The number of aromatic nitrogens is 1. The Hall–Kier alpha value is -3.66. The zero-order valence-electron chi connectivity index (χ0n) is 29.2. The van der Waals surface area contributed by atoms with E-state index >= 15 is 0 Å². The lowest BCUT2D eigenvalue weighted by Gasteiger charge is -2.27. The van der Waals surface area contributed by atoms with E-state index in [-0.39, 0.29) is 31.1 Å². The second kappa shape index (κ2) is 22.1. The molecule has 0 bridgehead atoms. The van der Waals surface area contributed by atoms with Gasteiger partial charge in [-0.2, -0.15) is 11.8 Å². The zero-order valence-corrected chi connectivity index (χ0v) is 30.0. The van der Waals surface area contributed by atoms with Crippen molar-refractivity contribution in [3.05, 3.63) is 36.0 Å². The molecule has 14 nitrogen and oxygen atoms in total. The fraction of sp³-hybridized carbons (Fsp3) is 0.618. The third-order valence-corrected chi connectivity index (χ3v) is 9.02. The molecule has 15 heteroatoms. The molecule has 49 heavy (non-hydrogen) atoms. The number of unbranched alkanes of at least 4 members (excludes halogenated alkanes) is 2. The molecule has 11 N–H and O–H groups in total. The number of carbonyl (C=O) groups excluding carboxylic acids is 4. The number of nitrogens with two attached hydrogens (primary N) is 2. The summed E-state index contributed by atoms with van der Waals surface area (Å²) >= 11 is 1.53. The molecule has 0 aliphatic heterocycles. The van der Waals surface area contributed by atoms with Crippen molar-refractivity contribution < 1.29 is 29.1 Å². The SMILES string of the molecule is CN[C@H](C(=O)N[C@@H](CCSC)C(=O)N[C@@H](Cc1c[nH]c2ccccc12)C(=O)N[C@@H](CCCCN)C(=O)N[C@@H](CCCCN)C(=O)O)C(C)C. The molecule has 4 amide bonds. The predicted molar refractivity (Wildman–Crippen MR) is 194 cm³/mol. The number of carboxylic acids is 1. The number of carboxylic acid groups (broad SMARTS) is 1. The van der Waals surface area contributed by atoms with Crippen LogP contribution in [-0.2, 0) is 30.4 Å². The van der Waals surface area contributed by atoms with Gasteiger partial charge in [0, 0.05) is 23.5 Å². The summed E-state index contributed by atoms with van der Waals surface area (Å²) in [6.45, 7) is 4.58. The number of para-hydroxylation sites is 1. The van der Waals surface area contributed by atoms with Gasteiger partial charge in [-0.3, -0.25) is 19.2 Å². The Morgan fingerprint density at radius 1 is 0.776 bits per heavy atom. The quantitative estimate of drug-likeness (QED) is 0.0703. The molecule has 0 saturated heterocycles. The van der Waals surface area contributed by atoms with Gasteiger partial charge < -0.3 is 48.1 Å². The molecule has 2 aromatic rings. The van der Waals surface area contributed by atoms with Gasteiger partial charge in [-0.05, 0) is 94.6 Å². The monoisotopic (exact) mass is 704 g/mol. The molecule has 1 aromatic carbocycles. The highest BCUT2D eigenvalue weighted by molar-refractivity contribution is 7.98. The Kier molecular flexibility index (Phi) is 18.8. The number of rotatable bonds is 24. The number of hydrogen-bond donors (Lipinski definition) is 9. The summed E-state index contributed by atoms with van der Waals surface area (Å²) in [6.07, 6.45) is 6.71. The van der Waals surface area contributed by atoms with E-state index in [1.807, 2.05) is 44.4 Å². The first-order valence-corrected chi connectivity index (χ1v) is 18.4. The number of aliphatic carboxylic acids is 1. The lowest BCUT2D eigenvalue weighted by molar-refractivity contribution is -0.142. The number of benzene rings is 1. The van der Waals surface area contributed by atoms with Crippen molar-refractivity contribution >= 4 is 52.3 Å². The molecule has 0 saturated carbocycles. The summed E-state index contributed by atoms with van der Waals surface area (Å²) in [5.74, 6) is -2.74. The van der Waals surface area contributed by atoms with Gasteiger partial charge in [0.25, 0.3) is 0 Å². The van der Waals surface area contributed by atoms with Gasteiger partial charge in [-0.15, -0.1) is 0 Å². The lowest BCUT2D eigenvalue weighted by Crippen LogP contribution is -2.59. The first-order valence-electron chi connectivity index (χ1n) is 17.0. The number of amides is 4. The Morgan fingerprint density at radius 3 is 1.88 bits per heavy atom. The number of nitrogens with one attached hydrogen (secondary N) is 6. The van der Waals surface area contributed by atoms with E-state index in [1.54, 1.807) is 13.2 Å². The van der Waals surface area contributed by atoms with Crippen molar-refractivity contribution in [1.82, 2.24) is 31.6 Å². The van der Waals surface area contributed by atoms with E-state index in [2.05, 4.69) is 31.6 Å². The van der Waals surface area contributed by atoms with Crippen LogP contribution < -0.4 is 38.1 Å². The molecule has 0 unspecified atom stereocenters. The van der Waals surface area contributed by atoms with E-state index in [9.17, 15) is 29.1 Å². The van der Waals surface area contributed by atoms with Crippen LogP contribution in [0.2, 0.25) is 0 Å². The van der Waals surface area contributed by atoms with Crippen molar-refractivity contribution in [2.45, 2.75) is 95.4 Å². The second-order valence-corrected chi connectivity index (χ2v) is 13.5. The van der Waals surface area contributed by atoms with Crippen LogP contribution >= 0.6 is 11.8 Å². The van der Waals surface area contributed by atoms with Gasteiger partial charge in [0.1, 0.15) is 24.2 Å². The summed E-state index contributed by atoms with van der Waals surface area (Å²) in [4.78, 5) is 69.6. The summed E-state index contributed by atoms with van der Waals surface area (Å²) < 4.78 is 0. The largest absolute Gasteiger partial charge is 0.480 e. The van der Waals surface area contributed by atoms with Crippen LogP contribution in [0.3, 0.4) is 0 Å². The maximum absolute atomic E-state index is 14.0. The maximum Gasteiger partial charge on any atom is 0.326 e. The first-order chi connectivity index (χ1) is 23.5. The Labute approximate surface area is 293 Å². The molecule has 1 heterocycles. The van der Waals surface area contributed by atoms with Crippen molar-refractivity contribution in [2.24, 2.45) is 17.4 Å². The predicted octanol–water partition coefficient (Wildman–Crippen LogP) is 0.989. The van der Waals surface area contributed by atoms with E-state index in [4.69, 9.17) is 11.5 Å². The highest BCUT2D eigenvalue weighted by Gasteiger charge is 2.32. The zero-order chi connectivity index (χ0) is 36.3. The molecule has 274 valence electrons. The smallest absolute Gasteiger partial charge is 0.326 e. The van der Waals surface area contributed by atoms with Gasteiger partial charge in [0.15, 0.2) is 0 Å². The first kappa shape index (κ1) is 41.5. The molecule has 0 aliphatic carbocycles. The highest BCUT2D eigenvalue weighted by atomic mass is 32.2. The molecule has 0 fully saturated rings. The number of H-pyrrole nitrogens is 1. The molecule has 2 rings (SSSR count). The number of fused-ring (bicyclic) bond motifs is 1. The van der Waals surface area contributed by atoms with E-state index < -0.39 is 53.9 Å². The molecular formula is C34H56N8O6S. The second-order valence-electron chi connectivity index (χ2n) is 12.5. The van der Waals surface area contributed by atoms with Gasteiger partial charge in [-0.25, -0.2) is 4.79 Å². The normalized spacial score (nSPS) is 14.4. The van der Waals surface area contributed by atoms with Crippen LogP contribution in [0, 0.1) is 5.92 Å². The van der Waals surface area contributed by atoms with Crippen molar-refractivity contribution in [3.63, 3.8) is 0 Å². The summed E-state index contributed by atoms with van der Waals surface area (Å²) in [5, 5.41) is 24.7. The van der Waals surface area contributed by atoms with Crippen LogP contribution in [0.25, 0.3) is 10.9 Å². The minimum Gasteiger partial charge on any atom is -0.480 e. The average molecular weight is 705 g/mol. The number of aromatic amines is 1. The number of likely N-dealkylation sites (N-methyl/N-ethyl adjacent to an activating group) is 1. The van der Waals surface area contributed by atoms with Crippen LogP contribution in [0.5, 0.6) is 0 Å². The van der Waals surface area contributed by atoms with Crippen LogP contribution in [0.15, 0.2) is 30.5 Å². The minimum atomic E-state index is -1.18. The number of thioether (sulfide) groups is 1. The van der Waals surface area contributed by atoms with Gasteiger partial charge in [0.2, 0.25) is 23.6 Å². The molecule has 0 spiro atoms. The molecule has 0 radical (unpaired) electrons. The van der Waals surface area contributed by atoms with E-state index in [1.165, 1.54) is 11.8 Å². The maximum atomic E-state index is 14.0. The van der Waals surface area contributed by atoms with Crippen LogP contribution in [0.4, 0.5) is 0 Å². The highest BCUT2D eigenvalue weighted by Crippen LogP contribution is 2.20. The van der Waals surface area contributed by atoms with Gasteiger partial charge >= 0.3 is 5.97 Å². The van der Waals surface area contributed by atoms with Gasteiger partial charge in [0.05, 0.1) is 6.04 Å². The van der Waals surface area contributed by atoms with Crippen molar-refractivity contribution in [3.8, 4) is 0 Å².